The molecule has 0 aliphatic carbocycles. The second kappa shape index (κ2) is 6.68. The first-order valence-electron chi connectivity index (χ1n) is 7.67. The van der Waals surface area contributed by atoms with Gasteiger partial charge in [0.05, 0.1) is 0 Å². The smallest absolute Gasteiger partial charge is 0.252 e. The number of benzene rings is 1. The summed E-state index contributed by atoms with van der Waals surface area (Å²) in [5, 5.41) is 7.11. The van der Waals surface area contributed by atoms with Gasteiger partial charge in [0, 0.05) is 28.0 Å². The lowest BCUT2D eigenvalue weighted by Gasteiger charge is -2.11. The Morgan fingerprint density at radius 2 is 2.08 bits per heavy atom. The summed E-state index contributed by atoms with van der Waals surface area (Å²) in [6.45, 7) is 5.90. The van der Waals surface area contributed by atoms with Crippen LogP contribution in [0.25, 0.3) is 5.78 Å². The number of hydrogen-bond acceptors (Lipinski definition) is 4. The summed E-state index contributed by atoms with van der Waals surface area (Å²) in [6.07, 6.45) is 2.49. The third-order valence-corrected chi connectivity index (χ3v) is 4.92. The van der Waals surface area contributed by atoms with Crippen molar-refractivity contribution >= 4 is 33.3 Å². The molecule has 6 nitrogen and oxygen atoms in total. The molecule has 7 heteroatoms. The van der Waals surface area contributed by atoms with Gasteiger partial charge >= 0.3 is 0 Å². The zero-order valence-corrected chi connectivity index (χ0v) is 15.4. The molecule has 0 spiro atoms. The molecule has 0 fully saturated rings. The Kier molecular flexibility index (Phi) is 4.62. The average molecular weight is 388 g/mol. The van der Waals surface area contributed by atoms with Gasteiger partial charge in [-0.3, -0.25) is 4.79 Å². The molecule has 1 aromatic carbocycles. The molecule has 0 saturated heterocycles. The highest BCUT2D eigenvalue weighted by Gasteiger charge is 2.12. The van der Waals surface area contributed by atoms with Crippen LogP contribution >= 0.6 is 15.9 Å². The van der Waals surface area contributed by atoms with Gasteiger partial charge in [0.1, 0.15) is 6.33 Å². The zero-order valence-electron chi connectivity index (χ0n) is 13.8. The number of carbonyl (C=O) groups is 1. The lowest BCUT2D eigenvalue weighted by molar-refractivity contribution is -0.116. The Morgan fingerprint density at radius 3 is 2.83 bits per heavy atom. The van der Waals surface area contributed by atoms with Crippen molar-refractivity contribution in [2.75, 3.05) is 5.32 Å². The molecule has 24 heavy (non-hydrogen) atoms. The summed E-state index contributed by atoms with van der Waals surface area (Å²) < 4.78 is 2.73. The summed E-state index contributed by atoms with van der Waals surface area (Å²) in [5.74, 6) is 0.567. The van der Waals surface area contributed by atoms with Crippen LogP contribution in [0.5, 0.6) is 0 Å². The van der Waals surface area contributed by atoms with Crippen molar-refractivity contribution in [3.63, 3.8) is 0 Å². The highest BCUT2D eigenvalue weighted by molar-refractivity contribution is 9.10. The van der Waals surface area contributed by atoms with E-state index in [9.17, 15) is 4.79 Å². The van der Waals surface area contributed by atoms with Gasteiger partial charge in [-0.05, 0) is 56.5 Å². The summed E-state index contributed by atoms with van der Waals surface area (Å²) in [4.78, 5) is 20.8. The maximum atomic E-state index is 12.2. The molecule has 1 amide bonds. The molecule has 2 aromatic heterocycles. The summed E-state index contributed by atoms with van der Waals surface area (Å²) in [7, 11) is 0. The lowest BCUT2D eigenvalue weighted by atomic mass is 10.1. The number of halogens is 1. The molecule has 0 saturated carbocycles. The van der Waals surface area contributed by atoms with Crippen molar-refractivity contribution in [1.82, 2.24) is 19.6 Å². The minimum absolute atomic E-state index is 0.0193. The fourth-order valence-corrected chi connectivity index (χ4v) is 2.95. The topological polar surface area (TPSA) is 72.2 Å². The number of hydrogen-bond donors (Lipinski definition) is 1. The predicted molar refractivity (Wildman–Crippen MR) is 96.1 cm³/mol. The van der Waals surface area contributed by atoms with Gasteiger partial charge in [0.25, 0.3) is 5.78 Å². The quantitative estimate of drug-likeness (QED) is 0.744. The maximum Gasteiger partial charge on any atom is 0.252 e. The number of aryl methyl sites for hydroxylation is 3. The lowest BCUT2D eigenvalue weighted by Crippen LogP contribution is -2.14. The van der Waals surface area contributed by atoms with Gasteiger partial charge in [-0.1, -0.05) is 15.9 Å². The van der Waals surface area contributed by atoms with Crippen LogP contribution < -0.4 is 5.32 Å². The Morgan fingerprint density at radius 1 is 1.29 bits per heavy atom. The molecule has 3 rings (SSSR count). The van der Waals surface area contributed by atoms with Crippen molar-refractivity contribution in [2.24, 2.45) is 0 Å². The van der Waals surface area contributed by atoms with E-state index >= 15 is 0 Å². The van der Waals surface area contributed by atoms with Crippen LogP contribution in [0.4, 0.5) is 5.69 Å². The van der Waals surface area contributed by atoms with Crippen LogP contribution in [-0.2, 0) is 11.2 Å². The fraction of sp³-hybridized carbons (Fsp3) is 0.294. The molecule has 0 unspecified atom stereocenters. The monoisotopic (exact) mass is 387 g/mol. The standard InChI is InChI=1S/C17H18BrN5O/c1-10-8-13(4-6-15(10)18)22-16(24)7-5-14-11(2)21-17-19-9-20-23(17)12(14)3/h4,6,8-9H,5,7H2,1-3H3,(H,22,24). The molecule has 3 aromatic rings. The number of nitrogens with zero attached hydrogens (tertiary/aromatic N) is 4. The van der Waals surface area contributed by atoms with Gasteiger partial charge < -0.3 is 5.32 Å². The van der Waals surface area contributed by atoms with Crippen molar-refractivity contribution in [2.45, 2.75) is 33.6 Å². The summed E-state index contributed by atoms with van der Waals surface area (Å²) in [5.41, 5.74) is 4.79. The Balaban J connectivity index is 1.71. The first-order valence-corrected chi connectivity index (χ1v) is 8.47. The zero-order chi connectivity index (χ0) is 17.3. The highest BCUT2D eigenvalue weighted by atomic mass is 79.9. The van der Waals surface area contributed by atoms with Crippen molar-refractivity contribution in [3.05, 3.63) is 51.5 Å². The molecule has 0 bridgehead atoms. The molecule has 0 aliphatic heterocycles. The van der Waals surface area contributed by atoms with Gasteiger partial charge in [-0.15, -0.1) is 0 Å². The molecule has 0 radical (unpaired) electrons. The Labute approximate surface area is 148 Å². The number of carbonyl (C=O) groups excluding carboxylic acids is 1. The SMILES string of the molecule is Cc1cc(NC(=O)CCc2c(C)nc3ncnn3c2C)ccc1Br. The van der Waals surface area contributed by atoms with Crippen molar-refractivity contribution < 1.29 is 4.79 Å². The Hall–Kier alpha value is -2.28. The van der Waals surface area contributed by atoms with Gasteiger partial charge in [0.15, 0.2) is 0 Å². The maximum absolute atomic E-state index is 12.2. The van der Waals surface area contributed by atoms with Crippen molar-refractivity contribution in [1.29, 1.82) is 0 Å². The van der Waals surface area contributed by atoms with Crippen LogP contribution in [0.2, 0.25) is 0 Å². The van der Waals surface area contributed by atoms with E-state index in [1.54, 1.807) is 4.52 Å². The number of fused-ring (bicyclic) bond motifs is 1. The number of rotatable bonds is 4. The molecule has 0 atom stereocenters. The Bertz CT molecular complexity index is 919. The molecular formula is C17H18BrN5O. The van der Waals surface area contributed by atoms with E-state index < -0.39 is 0 Å². The van der Waals surface area contributed by atoms with E-state index in [4.69, 9.17) is 0 Å². The predicted octanol–water partition coefficient (Wildman–Crippen LogP) is 3.38. The largest absolute Gasteiger partial charge is 0.326 e. The number of anilines is 1. The first-order chi connectivity index (χ1) is 11.5. The van der Waals surface area contributed by atoms with Crippen LogP contribution in [-0.4, -0.2) is 25.5 Å². The van der Waals surface area contributed by atoms with Crippen molar-refractivity contribution in [3.8, 4) is 0 Å². The first kappa shape index (κ1) is 16.6. The second-order valence-corrected chi connectivity index (χ2v) is 6.60. The van der Waals surface area contributed by atoms with Crippen LogP contribution in [0.3, 0.4) is 0 Å². The minimum Gasteiger partial charge on any atom is -0.326 e. The van der Waals surface area contributed by atoms with Gasteiger partial charge in [0.2, 0.25) is 5.91 Å². The minimum atomic E-state index is -0.0193. The normalized spacial score (nSPS) is 11.0. The average Bonchev–Trinajstić information content (AvgIpc) is 2.99. The molecule has 2 heterocycles. The van der Waals surface area contributed by atoms with E-state index in [0.717, 1.165) is 32.7 Å². The molecule has 0 aliphatic rings. The van der Waals surface area contributed by atoms with Crippen LogP contribution in [0.1, 0.15) is 28.9 Å². The third-order valence-electron chi connectivity index (χ3n) is 4.03. The van der Waals surface area contributed by atoms with E-state index in [-0.39, 0.29) is 5.91 Å². The number of aromatic nitrogens is 4. The van der Waals surface area contributed by atoms with Gasteiger partial charge in [-0.2, -0.15) is 10.1 Å². The van der Waals surface area contributed by atoms with E-state index in [1.165, 1.54) is 6.33 Å². The third kappa shape index (κ3) is 3.31. The van der Waals surface area contributed by atoms with E-state index in [0.29, 0.717) is 18.6 Å². The molecule has 124 valence electrons. The number of amides is 1. The molecule has 1 N–H and O–H groups in total. The second-order valence-electron chi connectivity index (χ2n) is 5.75. The number of nitrogens with one attached hydrogen (secondary N) is 1. The molecular weight excluding hydrogens is 370 g/mol. The van der Waals surface area contributed by atoms with Crippen LogP contribution in [0.15, 0.2) is 29.0 Å². The van der Waals surface area contributed by atoms with Gasteiger partial charge in [-0.25, -0.2) is 9.50 Å². The summed E-state index contributed by atoms with van der Waals surface area (Å²) >= 11 is 3.46. The fourth-order valence-electron chi connectivity index (χ4n) is 2.70. The van der Waals surface area contributed by atoms with Crippen LogP contribution in [0, 0.1) is 20.8 Å². The highest BCUT2D eigenvalue weighted by Crippen LogP contribution is 2.20. The van der Waals surface area contributed by atoms with E-state index in [1.807, 2.05) is 39.0 Å². The van der Waals surface area contributed by atoms with E-state index in [2.05, 4.69) is 36.3 Å². The summed E-state index contributed by atoms with van der Waals surface area (Å²) in [6, 6.07) is 5.76.